The molecule has 1 rings (SSSR count). The molecule has 0 atom stereocenters. The fraction of sp³-hybridized carbons (Fsp3) is 0. The van der Waals surface area contributed by atoms with Gasteiger partial charge in [-0.2, -0.15) is 0 Å². The second-order valence-corrected chi connectivity index (χ2v) is 2.36. The molecule has 0 aliphatic carbocycles. The highest BCUT2D eigenvalue weighted by molar-refractivity contribution is 5.98. The summed E-state index contributed by atoms with van der Waals surface area (Å²) in [6, 6.07) is 6.76. The zero-order valence-corrected chi connectivity index (χ0v) is 6.75. The monoisotopic (exact) mass is 179 g/mol. The van der Waals surface area contributed by atoms with Gasteiger partial charge < -0.3 is 16.1 Å². The summed E-state index contributed by atoms with van der Waals surface area (Å²) in [6.07, 6.45) is 1.26. The second-order valence-electron chi connectivity index (χ2n) is 2.36. The van der Waals surface area contributed by atoms with Crippen LogP contribution in [-0.2, 0) is 0 Å². The average Bonchev–Trinajstić information content (AvgIpc) is 2.18. The van der Waals surface area contributed by atoms with Crippen molar-refractivity contribution in [3.63, 3.8) is 0 Å². The van der Waals surface area contributed by atoms with Gasteiger partial charge in [0.15, 0.2) is 5.84 Å². The maximum Gasteiger partial charge on any atom is 0.170 e. The minimum Gasteiger partial charge on any atom is -0.411 e. The third kappa shape index (κ3) is 2.19. The summed E-state index contributed by atoms with van der Waals surface area (Å²) in [6.45, 7) is 0. The zero-order valence-electron chi connectivity index (χ0n) is 6.75. The highest BCUT2D eigenvalue weighted by Gasteiger charge is 1.98. The van der Waals surface area contributed by atoms with E-state index in [1.165, 1.54) is 6.21 Å². The lowest BCUT2D eigenvalue weighted by Crippen LogP contribution is -2.13. The predicted octanol–water partition coefficient (Wildman–Crippen LogP) is 0.589. The molecule has 0 heterocycles. The van der Waals surface area contributed by atoms with Crippen molar-refractivity contribution in [2.24, 2.45) is 16.0 Å². The first kappa shape index (κ1) is 9.05. The van der Waals surface area contributed by atoms with Gasteiger partial charge >= 0.3 is 0 Å². The second kappa shape index (κ2) is 4.10. The molecule has 0 aliphatic heterocycles. The summed E-state index contributed by atoms with van der Waals surface area (Å²) < 4.78 is 0. The molecule has 0 fully saturated rings. The van der Waals surface area contributed by atoms with Gasteiger partial charge in [-0.25, -0.2) is 0 Å². The van der Waals surface area contributed by atoms with E-state index < -0.39 is 0 Å². The van der Waals surface area contributed by atoms with E-state index in [0.29, 0.717) is 11.1 Å². The lowest BCUT2D eigenvalue weighted by Gasteiger charge is -1.98. The molecule has 0 aromatic heterocycles. The van der Waals surface area contributed by atoms with Crippen molar-refractivity contribution in [1.29, 1.82) is 0 Å². The average molecular weight is 179 g/mol. The van der Waals surface area contributed by atoms with Crippen molar-refractivity contribution in [3.05, 3.63) is 35.4 Å². The van der Waals surface area contributed by atoms with Crippen molar-refractivity contribution >= 4 is 12.1 Å². The Bertz CT molecular complexity index is 347. The first-order valence-corrected chi connectivity index (χ1v) is 3.53. The van der Waals surface area contributed by atoms with Crippen molar-refractivity contribution in [1.82, 2.24) is 0 Å². The van der Waals surface area contributed by atoms with E-state index in [4.69, 9.17) is 16.1 Å². The minimum atomic E-state index is 0.0215. The van der Waals surface area contributed by atoms with Crippen molar-refractivity contribution in [2.75, 3.05) is 0 Å². The molecule has 0 spiro atoms. The van der Waals surface area contributed by atoms with E-state index in [-0.39, 0.29) is 5.84 Å². The van der Waals surface area contributed by atoms with Gasteiger partial charge in [0.2, 0.25) is 0 Å². The molecule has 5 nitrogen and oxygen atoms in total. The number of benzene rings is 1. The van der Waals surface area contributed by atoms with Crippen LogP contribution in [0, 0.1) is 0 Å². The molecular formula is C8H9N3O2. The fourth-order valence-electron chi connectivity index (χ4n) is 0.903. The van der Waals surface area contributed by atoms with Crippen LogP contribution in [0.15, 0.2) is 34.6 Å². The Morgan fingerprint density at radius 3 is 2.77 bits per heavy atom. The molecule has 13 heavy (non-hydrogen) atoms. The summed E-state index contributed by atoms with van der Waals surface area (Å²) in [5.41, 5.74) is 6.59. The minimum absolute atomic E-state index is 0.0215. The van der Waals surface area contributed by atoms with Crippen LogP contribution in [0.1, 0.15) is 11.1 Å². The quantitative estimate of drug-likeness (QED) is 0.268. The van der Waals surface area contributed by atoms with Gasteiger partial charge in [0.1, 0.15) is 0 Å². The lowest BCUT2D eigenvalue weighted by molar-refractivity contribution is 0.318. The van der Waals surface area contributed by atoms with Crippen molar-refractivity contribution in [2.45, 2.75) is 0 Å². The molecule has 1 aromatic rings. The van der Waals surface area contributed by atoms with Crippen LogP contribution < -0.4 is 5.73 Å². The molecule has 1 aromatic carbocycles. The van der Waals surface area contributed by atoms with Crippen LogP contribution in [0.5, 0.6) is 0 Å². The standard InChI is InChI=1S/C8H9N3O2/c9-8(11-13)7-3-1-2-6(4-7)5-10-12/h1-5,12-13H,(H2,9,11). The molecule has 0 radical (unpaired) electrons. The molecule has 0 saturated heterocycles. The van der Waals surface area contributed by atoms with E-state index in [9.17, 15) is 0 Å². The van der Waals surface area contributed by atoms with Gasteiger partial charge in [-0.15, -0.1) is 0 Å². The maximum atomic E-state index is 8.39. The molecule has 0 saturated carbocycles. The van der Waals surface area contributed by atoms with E-state index in [1.807, 2.05) is 0 Å². The predicted molar refractivity (Wildman–Crippen MR) is 48.3 cm³/mol. The first-order chi connectivity index (χ1) is 6.27. The van der Waals surface area contributed by atoms with Crippen LogP contribution in [0.2, 0.25) is 0 Å². The largest absolute Gasteiger partial charge is 0.411 e. The summed E-state index contributed by atoms with van der Waals surface area (Å²) in [4.78, 5) is 0. The molecule has 0 aliphatic rings. The van der Waals surface area contributed by atoms with Crippen molar-refractivity contribution < 1.29 is 10.4 Å². The Kier molecular flexibility index (Phi) is 2.86. The Balaban J connectivity index is 3.05. The molecule has 5 heteroatoms. The first-order valence-electron chi connectivity index (χ1n) is 3.53. The molecule has 0 unspecified atom stereocenters. The van der Waals surface area contributed by atoms with Crippen LogP contribution in [0.3, 0.4) is 0 Å². The molecule has 0 bridgehead atoms. The number of nitrogens with zero attached hydrogens (tertiary/aromatic N) is 2. The topological polar surface area (TPSA) is 91.2 Å². The third-order valence-corrected chi connectivity index (χ3v) is 1.50. The number of hydrogen-bond acceptors (Lipinski definition) is 4. The highest BCUT2D eigenvalue weighted by atomic mass is 16.4. The molecular weight excluding hydrogens is 170 g/mol. The van der Waals surface area contributed by atoms with Crippen molar-refractivity contribution in [3.8, 4) is 0 Å². The van der Waals surface area contributed by atoms with Crippen LogP contribution in [0.25, 0.3) is 0 Å². The van der Waals surface area contributed by atoms with E-state index in [1.54, 1.807) is 24.3 Å². The van der Waals surface area contributed by atoms with E-state index in [0.717, 1.165) is 0 Å². The van der Waals surface area contributed by atoms with Gasteiger partial charge in [-0.3, -0.25) is 0 Å². The number of oxime groups is 2. The fourth-order valence-corrected chi connectivity index (χ4v) is 0.903. The van der Waals surface area contributed by atoms with Crippen LogP contribution in [-0.4, -0.2) is 22.5 Å². The van der Waals surface area contributed by atoms with Gasteiger partial charge in [0.25, 0.3) is 0 Å². The number of amidine groups is 1. The highest BCUT2D eigenvalue weighted by Crippen LogP contribution is 2.02. The van der Waals surface area contributed by atoms with Gasteiger partial charge in [0, 0.05) is 5.56 Å². The number of hydrogen-bond donors (Lipinski definition) is 3. The Labute approximate surface area is 74.8 Å². The Morgan fingerprint density at radius 2 is 2.15 bits per heavy atom. The maximum absolute atomic E-state index is 8.39. The number of nitrogens with two attached hydrogens (primary N) is 1. The zero-order chi connectivity index (χ0) is 9.68. The smallest absolute Gasteiger partial charge is 0.170 e. The van der Waals surface area contributed by atoms with Gasteiger partial charge in [0.05, 0.1) is 6.21 Å². The van der Waals surface area contributed by atoms with Gasteiger partial charge in [-0.1, -0.05) is 28.5 Å². The molecule has 4 N–H and O–H groups in total. The normalized spacial score (nSPS) is 12.2. The Morgan fingerprint density at radius 1 is 1.38 bits per heavy atom. The summed E-state index contributed by atoms with van der Waals surface area (Å²) in [5, 5.41) is 22.4. The summed E-state index contributed by atoms with van der Waals surface area (Å²) >= 11 is 0. The number of rotatable bonds is 2. The van der Waals surface area contributed by atoms with E-state index in [2.05, 4.69) is 10.3 Å². The van der Waals surface area contributed by atoms with Crippen LogP contribution in [0.4, 0.5) is 0 Å². The lowest BCUT2D eigenvalue weighted by atomic mass is 10.1. The summed E-state index contributed by atoms with van der Waals surface area (Å²) in [7, 11) is 0. The van der Waals surface area contributed by atoms with Gasteiger partial charge in [-0.05, 0) is 11.6 Å². The third-order valence-electron chi connectivity index (χ3n) is 1.50. The summed E-state index contributed by atoms with van der Waals surface area (Å²) in [5.74, 6) is 0.0215. The van der Waals surface area contributed by atoms with Crippen LogP contribution >= 0.6 is 0 Å². The SMILES string of the molecule is NC(=NO)c1cccc(C=NO)c1. The Hall–Kier alpha value is -2.04. The van der Waals surface area contributed by atoms with E-state index >= 15 is 0 Å². The molecule has 68 valence electrons. The molecule has 0 amide bonds.